The van der Waals surface area contributed by atoms with Gasteiger partial charge in [-0.2, -0.15) is 4.86 Å². The molecule has 1 N–H and O–H groups in total. The molecule has 4 nitrogen and oxygen atoms in total. The number of aryl methyl sites for hydroxylation is 1. The number of anilines is 1. The average molecular weight is 179 g/mol. The number of rotatable bonds is 3. The molecule has 0 radical (unpaired) electrons. The highest BCUT2D eigenvalue weighted by Gasteiger charge is 2.01. The van der Waals surface area contributed by atoms with Crippen molar-refractivity contribution in [3.05, 3.63) is 35.0 Å². The van der Waals surface area contributed by atoms with Gasteiger partial charge in [-0.1, -0.05) is 25.1 Å². The number of nitrogens with zero attached hydrogens (tertiary/aromatic N) is 2. The third-order valence-electron chi connectivity index (χ3n) is 1.71. The van der Waals surface area contributed by atoms with Crippen molar-refractivity contribution in [2.45, 2.75) is 13.3 Å². The lowest BCUT2D eigenvalue weighted by Crippen LogP contribution is -1.99. The summed E-state index contributed by atoms with van der Waals surface area (Å²) in [6, 6.07) is 7.77. The third kappa shape index (κ3) is 2.74. The Balaban J connectivity index is 2.81. The first-order chi connectivity index (χ1) is 6.24. The van der Waals surface area contributed by atoms with Gasteiger partial charge in [0.05, 0.1) is 5.22 Å². The van der Waals surface area contributed by atoms with Crippen LogP contribution in [0, 0.1) is 5.21 Å². The maximum Gasteiger partial charge on any atom is 0.150 e. The lowest BCUT2D eigenvalue weighted by atomic mass is 10.1. The van der Waals surface area contributed by atoms with E-state index in [0.717, 1.165) is 17.7 Å². The van der Waals surface area contributed by atoms with Crippen LogP contribution < -0.4 is 5.43 Å². The summed E-state index contributed by atoms with van der Waals surface area (Å²) < 4.78 is 0. The summed E-state index contributed by atoms with van der Waals surface area (Å²) >= 11 is 0. The first-order valence-corrected chi connectivity index (χ1v) is 4.19. The quantitative estimate of drug-likeness (QED) is 0.439. The Morgan fingerprint density at radius 1 is 1.46 bits per heavy atom. The van der Waals surface area contributed by atoms with Gasteiger partial charge >= 0.3 is 0 Å². The van der Waals surface area contributed by atoms with E-state index in [4.69, 9.17) is 0 Å². The van der Waals surface area contributed by atoms with Crippen molar-refractivity contribution in [2.24, 2.45) is 5.22 Å². The SMILES string of the molecule is CCc1ccccc1NN=[N+](C)[O-]. The summed E-state index contributed by atoms with van der Waals surface area (Å²) in [4.78, 5) is 0.492. The molecule has 0 saturated carbocycles. The van der Waals surface area contributed by atoms with E-state index in [9.17, 15) is 5.21 Å². The molecule has 0 amide bonds. The highest BCUT2D eigenvalue weighted by atomic mass is 16.5. The van der Waals surface area contributed by atoms with E-state index in [-0.39, 0.29) is 0 Å². The van der Waals surface area contributed by atoms with Crippen LogP contribution in [0.25, 0.3) is 0 Å². The Morgan fingerprint density at radius 3 is 2.77 bits per heavy atom. The smallest absolute Gasteiger partial charge is 0.150 e. The van der Waals surface area contributed by atoms with Gasteiger partial charge < -0.3 is 5.21 Å². The molecule has 0 aliphatic rings. The molecule has 0 aromatic heterocycles. The molecule has 1 aromatic rings. The van der Waals surface area contributed by atoms with Gasteiger partial charge in [-0.05, 0) is 12.5 Å². The summed E-state index contributed by atoms with van der Waals surface area (Å²) in [7, 11) is 1.33. The number of hydrogen-bond acceptors (Lipinski definition) is 2. The second-order valence-electron chi connectivity index (χ2n) is 2.69. The third-order valence-corrected chi connectivity index (χ3v) is 1.71. The molecule has 13 heavy (non-hydrogen) atoms. The predicted molar refractivity (Wildman–Crippen MR) is 51.4 cm³/mol. The Kier molecular flexibility index (Phi) is 3.25. The minimum absolute atomic E-state index is 0.492. The minimum Gasteiger partial charge on any atom is -0.696 e. The highest BCUT2D eigenvalue weighted by molar-refractivity contribution is 5.50. The lowest BCUT2D eigenvalue weighted by molar-refractivity contribution is -0.497. The van der Waals surface area contributed by atoms with Crippen LogP contribution in [0.2, 0.25) is 0 Å². The average Bonchev–Trinajstić information content (AvgIpc) is 2.15. The number of para-hydroxylation sites is 1. The van der Waals surface area contributed by atoms with Gasteiger partial charge in [0.25, 0.3) is 0 Å². The van der Waals surface area contributed by atoms with E-state index < -0.39 is 0 Å². The molecular formula is C9H13N3O. The zero-order valence-electron chi connectivity index (χ0n) is 7.82. The van der Waals surface area contributed by atoms with E-state index in [2.05, 4.69) is 17.6 Å². The van der Waals surface area contributed by atoms with Crippen molar-refractivity contribution in [3.8, 4) is 0 Å². The van der Waals surface area contributed by atoms with Crippen LogP contribution in [-0.2, 0) is 6.42 Å². The molecule has 0 unspecified atom stereocenters. The second kappa shape index (κ2) is 4.45. The van der Waals surface area contributed by atoms with E-state index in [0.29, 0.717) is 4.86 Å². The first kappa shape index (κ1) is 9.51. The standard InChI is InChI=1S/C9H13N3O/c1-3-8-6-4-5-7-9(8)10-11-12(2)13/h4-7,10H,3H2,1-2H3. The van der Waals surface area contributed by atoms with Crippen LogP contribution in [0.15, 0.2) is 29.5 Å². The van der Waals surface area contributed by atoms with Gasteiger partial charge in [0.2, 0.25) is 0 Å². The number of nitrogens with one attached hydrogen (secondary N) is 1. The summed E-state index contributed by atoms with van der Waals surface area (Å²) in [5.41, 5.74) is 4.73. The van der Waals surface area contributed by atoms with Crippen LogP contribution >= 0.6 is 0 Å². The number of hydrogen-bond donors (Lipinski definition) is 1. The van der Waals surface area contributed by atoms with Crippen LogP contribution in [0.4, 0.5) is 5.69 Å². The fraction of sp³-hybridized carbons (Fsp3) is 0.333. The van der Waals surface area contributed by atoms with Crippen LogP contribution in [-0.4, -0.2) is 11.9 Å². The van der Waals surface area contributed by atoms with Crippen molar-refractivity contribution in [2.75, 3.05) is 12.5 Å². The van der Waals surface area contributed by atoms with Crippen molar-refractivity contribution in [1.82, 2.24) is 0 Å². The normalized spacial score (nSPS) is 11.4. The molecule has 4 heteroatoms. The van der Waals surface area contributed by atoms with Crippen LogP contribution in [0.1, 0.15) is 12.5 Å². The molecule has 0 saturated heterocycles. The van der Waals surface area contributed by atoms with Gasteiger partial charge in [0, 0.05) is 5.56 Å². The molecule has 0 fully saturated rings. The van der Waals surface area contributed by atoms with Gasteiger partial charge in [0.15, 0.2) is 0 Å². The molecule has 1 aromatic carbocycles. The van der Waals surface area contributed by atoms with Gasteiger partial charge in [-0.15, -0.1) is 5.43 Å². The van der Waals surface area contributed by atoms with E-state index in [1.165, 1.54) is 7.05 Å². The first-order valence-electron chi connectivity index (χ1n) is 4.19. The molecule has 0 aliphatic carbocycles. The maximum absolute atomic E-state index is 10.5. The monoisotopic (exact) mass is 179 g/mol. The van der Waals surface area contributed by atoms with Crippen molar-refractivity contribution in [3.63, 3.8) is 0 Å². The molecule has 0 heterocycles. The zero-order chi connectivity index (χ0) is 9.68. The van der Waals surface area contributed by atoms with Crippen molar-refractivity contribution >= 4 is 5.69 Å². The van der Waals surface area contributed by atoms with Gasteiger partial charge in [-0.25, -0.2) is 0 Å². The molecule has 0 bridgehead atoms. The van der Waals surface area contributed by atoms with E-state index in [1.807, 2.05) is 24.3 Å². The summed E-state index contributed by atoms with van der Waals surface area (Å²) in [6.07, 6.45) is 0.918. The minimum atomic E-state index is 0.492. The molecular weight excluding hydrogens is 166 g/mol. The van der Waals surface area contributed by atoms with Crippen LogP contribution in [0.5, 0.6) is 0 Å². The lowest BCUT2D eigenvalue weighted by Gasteiger charge is -2.01. The van der Waals surface area contributed by atoms with E-state index >= 15 is 0 Å². The molecule has 1 rings (SSSR count). The Bertz CT molecular complexity index is 305. The summed E-state index contributed by atoms with van der Waals surface area (Å²) in [5, 5.41) is 14.0. The van der Waals surface area contributed by atoms with E-state index in [1.54, 1.807) is 0 Å². The topological polar surface area (TPSA) is 50.5 Å². The summed E-state index contributed by atoms with van der Waals surface area (Å²) in [5.74, 6) is 0. The predicted octanol–water partition coefficient (Wildman–Crippen LogP) is 2.17. The largest absolute Gasteiger partial charge is 0.696 e. The van der Waals surface area contributed by atoms with Gasteiger partial charge in [0.1, 0.15) is 12.7 Å². The van der Waals surface area contributed by atoms with Crippen LogP contribution in [0.3, 0.4) is 0 Å². The molecule has 0 aliphatic heterocycles. The van der Waals surface area contributed by atoms with Crippen molar-refractivity contribution < 1.29 is 4.86 Å². The van der Waals surface area contributed by atoms with Gasteiger partial charge in [-0.3, -0.25) is 0 Å². The second-order valence-corrected chi connectivity index (χ2v) is 2.69. The fourth-order valence-corrected chi connectivity index (χ4v) is 1.06. The number of benzene rings is 1. The maximum atomic E-state index is 10.5. The Labute approximate surface area is 77.5 Å². The summed E-state index contributed by atoms with van der Waals surface area (Å²) in [6.45, 7) is 2.06. The number of hydroxylamine groups is 1. The Hall–Kier alpha value is -1.58. The zero-order valence-corrected chi connectivity index (χ0v) is 7.82. The highest BCUT2D eigenvalue weighted by Crippen LogP contribution is 2.14. The molecule has 0 atom stereocenters. The Morgan fingerprint density at radius 2 is 2.15 bits per heavy atom. The molecule has 70 valence electrons. The van der Waals surface area contributed by atoms with Crippen molar-refractivity contribution in [1.29, 1.82) is 0 Å². The fourth-order valence-electron chi connectivity index (χ4n) is 1.06. The molecule has 0 spiro atoms.